The van der Waals surface area contributed by atoms with Crippen molar-refractivity contribution in [1.29, 1.82) is 0 Å². The second kappa shape index (κ2) is 7.59. The maximum atomic E-state index is 12.2. The lowest BCUT2D eigenvalue weighted by Crippen LogP contribution is -2.39. The lowest BCUT2D eigenvalue weighted by Gasteiger charge is -2.30. The maximum absolute atomic E-state index is 12.2. The predicted octanol–water partition coefficient (Wildman–Crippen LogP) is 3.06. The van der Waals surface area contributed by atoms with Crippen molar-refractivity contribution in [2.24, 2.45) is 0 Å². The van der Waals surface area contributed by atoms with Crippen molar-refractivity contribution < 1.29 is 28.8 Å². The first kappa shape index (κ1) is 23.7. The molecule has 1 aromatic heterocycles. The van der Waals surface area contributed by atoms with Gasteiger partial charge in [-0.1, -0.05) is 11.6 Å². The minimum Gasteiger partial charge on any atom is -0.496 e. The number of aliphatic hydroxyl groups excluding tert-OH is 1. The van der Waals surface area contributed by atoms with E-state index in [1.54, 1.807) is 26.8 Å². The van der Waals surface area contributed by atoms with E-state index in [0.29, 0.717) is 22.4 Å². The number of allylic oxidation sites excluding steroid dienone is 2. The van der Waals surface area contributed by atoms with Gasteiger partial charge in [-0.2, -0.15) is 0 Å². The molecule has 0 bridgehead atoms. The van der Waals surface area contributed by atoms with Gasteiger partial charge in [0.05, 0.1) is 18.8 Å². The van der Waals surface area contributed by atoms with E-state index in [0.717, 1.165) is 5.57 Å². The van der Waals surface area contributed by atoms with Crippen LogP contribution in [-0.2, 0) is 15.1 Å². The monoisotopic (exact) mass is 434 g/mol. The van der Waals surface area contributed by atoms with Gasteiger partial charge in [-0.05, 0) is 67.0 Å². The first-order valence-corrected chi connectivity index (χ1v) is 10.5. The number of rotatable bonds is 6. The van der Waals surface area contributed by atoms with Gasteiger partial charge in [-0.25, -0.2) is 4.79 Å². The summed E-state index contributed by atoms with van der Waals surface area (Å²) in [5.74, 6) is 0.313. The molecule has 1 aromatic rings. The van der Waals surface area contributed by atoms with Crippen LogP contribution in [0.4, 0.5) is 0 Å². The molecular weight excluding hydrogens is 400 g/mol. The van der Waals surface area contributed by atoms with Crippen LogP contribution in [0.3, 0.4) is 0 Å². The van der Waals surface area contributed by atoms with Gasteiger partial charge in [0.2, 0.25) is 0 Å². The van der Waals surface area contributed by atoms with Gasteiger partial charge in [0.1, 0.15) is 40.5 Å². The molecule has 172 valence electrons. The third-order valence-electron chi connectivity index (χ3n) is 6.71. The summed E-state index contributed by atoms with van der Waals surface area (Å²) in [5, 5.41) is 22.1. The van der Waals surface area contributed by atoms with Gasteiger partial charge in [-0.15, -0.1) is 0 Å². The Bertz CT molecular complexity index is 1000. The van der Waals surface area contributed by atoms with E-state index in [2.05, 4.69) is 0 Å². The zero-order valence-electron chi connectivity index (χ0n) is 19.8. The van der Waals surface area contributed by atoms with Crippen molar-refractivity contribution in [1.82, 2.24) is 0 Å². The van der Waals surface area contributed by atoms with E-state index < -0.39 is 22.9 Å². The Morgan fingerprint density at radius 3 is 2.32 bits per heavy atom. The highest BCUT2D eigenvalue weighted by atomic mass is 16.7. The van der Waals surface area contributed by atoms with E-state index in [4.69, 9.17) is 18.6 Å². The largest absolute Gasteiger partial charge is 0.496 e. The molecule has 2 saturated heterocycles. The molecule has 0 unspecified atom stereocenters. The standard InChI is InChI=1S/C24H34O7/c1-12(11-22(6)21-24(8,31-21)16(5)30-22)10-13(2)18(25)23(7,27)19-14(3)17(28-9)15(4)20(26)29-19/h10-11,16,18,21,25,27H,1-9H3/t16-,18+,21+,22+,23+,24-/m1/s1. The topological polar surface area (TPSA) is 102 Å². The molecule has 0 spiro atoms. The minimum absolute atomic E-state index is 0.00894. The van der Waals surface area contributed by atoms with Crippen molar-refractivity contribution in [3.05, 3.63) is 50.6 Å². The molecule has 31 heavy (non-hydrogen) atoms. The molecule has 0 saturated carbocycles. The first-order chi connectivity index (χ1) is 14.2. The summed E-state index contributed by atoms with van der Waals surface area (Å²) in [6, 6.07) is 0. The molecule has 0 aromatic carbocycles. The number of aliphatic hydroxyl groups is 2. The molecule has 2 aliphatic rings. The summed E-state index contributed by atoms with van der Waals surface area (Å²) in [4.78, 5) is 12.2. The van der Waals surface area contributed by atoms with Crippen LogP contribution in [0.1, 0.15) is 58.4 Å². The number of hydrogen-bond donors (Lipinski definition) is 2. The molecule has 6 atom stereocenters. The molecule has 7 nitrogen and oxygen atoms in total. The zero-order valence-corrected chi connectivity index (χ0v) is 19.8. The van der Waals surface area contributed by atoms with Crippen LogP contribution in [0, 0.1) is 13.8 Å². The Labute approximate surface area is 183 Å². The molecule has 2 N–H and O–H groups in total. The summed E-state index contributed by atoms with van der Waals surface area (Å²) in [5.41, 5.74) is -1.12. The van der Waals surface area contributed by atoms with Gasteiger partial charge in [-0.3, -0.25) is 0 Å². The molecule has 2 aliphatic heterocycles. The van der Waals surface area contributed by atoms with Crippen molar-refractivity contribution in [3.8, 4) is 5.75 Å². The number of ether oxygens (including phenoxy) is 3. The first-order valence-electron chi connectivity index (χ1n) is 10.5. The summed E-state index contributed by atoms with van der Waals surface area (Å²) in [6.45, 7) is 14.3. The second-order valence-corrected chi connectivity index (χ2v) is 9.45. The Kier molecular flexibility index (Phi) is 5.81. The fourth-order valence-corrected chi connectivity index (χ4v) is 4.90. The Morgan fingerprint density at radius 2 is 1.84 bits per heavy atom. The molecule has 0 amide bonds. The van der Waals surface area contributed by atoms with Gasteiger partial charge in [0.15, 0.2) is 0 Å². The van der Waals surface area contributed by atoms with Gasteiger partial charge in [0, 0.05) is 5.56 Å². The third kappa shape index (κ3) is 3.78. The number of epoxide rings is 1. The third-order valence-corrected chi connectivity index (χ3v) is 6.71. The normalized spacial score (nSPS) is 33.6. The summed E-state index contributed by atoms with van der Waals surface area (Å²) in [6.07, 6.45) is 2.44. The van der Waals surface area contributed by atoms with E-state index in [1.165, 1.54) is 14.0 Å². The maximum Gasteiger partial charge on any atom is 0.342 e. The van der Waals surface area contributed by atoms with Crippen LogP contribution in [0.5, 0.6) is 5.75 Å². The van der Waals surface area contributed by atoms with Crippen molar-refractivity contribution in [2.75, 3.05) is 7.11 Å². The van der Waals surface area contributed by atoms with Gasteiger partial charge in [0.25, 0.3) is 0 Å². The highest BCUT2D eigenvalue weighted by molar-refractivity contribution is 5.42. The SMILES string of the molecule is COc1c(C)c([C@@](C)(O)[C@@H](O)C(C)=CC(C)=C[C@]2(C)O[C@H](C)[C@@]3(C)O[C@H]32)oc(=O)c1C. The summed E-state index contributed by atoms with van der Waals surface area (Å²) >= 11 is 0. The Balaban J connectivity index is 1.90. The average molecular weight is 435 g/mol. The predicted molar refractivity (Wildman–Crippen MR) is 116 cm³/mol. The molecule has 0 radical (unpaired) electrons. The van der Waals surface area contributed by atoms with E-state index in [-0.39, 0.29) is 23.6 Å². The van der Waals surface area contributed by atoms with E-state index in [9.17, 15) is 15.0 Å². The van der Waals surface area contributed by atoms with Crippen molar-refractivity contribution in [3.63, 3.8) is 0 Å². The minimum atomic E-state index is -1.84. The van der Waals surface area contributed by atoms with Crippen LogP contribution in [0.25, 0.3) is 0 Å². The quantitative estimate of drug-likeness (QED) is 0.524. The smallest absolute Gasteiger partial charge is 0.342 e. The molecule has 7 heteroatoms. The van der Waals surface area contributed by atoms with Crippen molar-refractivity contribution in [2.45, 2.75) is 90.5 Å². The number of methoxy groups -OCH3 is 1. The van der Waals surface area contributed by atoms with E-state index in [1.807, 2.05) is 33.8 Å². The van der Waals surface area contributed by atoms with Crippen molar-refractivity contribution >= 4 is 0 Å². The van der Waals surface area contributed by atoms with Gasteiger partial charge >= 0.3 is 5.63 Å². The van der Waals surface area contributed by atoms with Crippen LogP contribution >= 0.6 is 0 Å². The second-order valence-electron chi connectivity index (χ2n) is 9.45. The molecule has 2 fully saturated rings. The molecular formula is C24H34O7. The highest BCUT2D eigenvalue weighted by Crippen LogP contribution is 2.55. The van der Waals surface area contributed by atoms with Crippen LogP contribution in [0.2, 0.25) is 0 Å². The van der Waals surface area contributed by atoms with Gasteiger partial charge < -0.3 is 28.8 Å². The fraction of sp³-hybridized carbons (Fsp3) is 0.625. The van der Waals surface area contributed by atoms with Crippen LogP contribution in [-0.4, -0.2) is 46.8 Å². The van der Waals surface area contributed by atoms with E-state index >= 15 is 0 Å². The van der Waals surface area contributed by atoms with Crippen LogP contribution < -0.4 is 10.4 Å². The fourth-order valence-electron chi connectivity index (χ4n) is 4.90. The molecule has 3 rings (SSSR count). The molecule has 3 heterocycles. The number of fused-ring (bicyclic) bond motifs is 1. The summed E-state index contributed by atoms with van der Waals surface area (Å²) in [7, 11) is 1.45. The lowest BCUT2D eigenvalue weighted by atomic mass is 9.87. The summed E-state index contributed by atoms with van der Waals surface area (Å²) < 4.78 is 22.7. The Hall–Kier alpha value is -1.93. The average Bonchev–Trinajstić information content (AvgIpc) is 3.34. The zero-order chi connectivity index (χ0) is 23.5. The lowest BCUT2D eigenvalue weighted by molar-refractivity contribution is -0.0720. The molecule has 0 aliphatic carbocycles. The highest BCUT2D eigenvalue weighted by Gasteiger charge is 2.71. The van der Waals surface area contributed by atoms with Crippen LogP contribution in [0.15, 0.2) is 32.5 Å². The number of hydrogen-bond acceptors (Lipinski definition) is 7. The Morgan fingerprint density at radius 1 is 1.23 bits per heavy atom.